The molecular weight excluding hydrogens is 256 g/mol. The average molecular weight is 280 g/mol. The molecule has 20 heavy (non-hydrogen) atoms. The molecule has 1 aliphatic rings. The number of rotatable bonds is 6. The Morgan fingerprint density at radius 1 is 1.50 bits per heavy atom. The molecule has 112 valence electrons. The van der Waals surface area contributed by atoms with Crippen molar-refractivity contribution in [2.75, 3.05) is 26.7 Å². The maximum Gasteiger partial charge on any atom is 0.339 e. The second-order valence-electron chi connectivity index (χ2n) is 5.70. The van der Waals surface area contributed by atoms with E-state index in [4.69, 9.17) is 9.52 Å². The van der Waals surface area contributed by atoms with Crippen LogP contribution < -0.4 is 5.32 Å². The minimum Gasteiger partial charge on any atom is -0.478 e. The first-order valence-corrected chi connectivity index (χ1v) is 7.28. The number of hydrogen-bond donors (Lipinski definition) is 2. The first-order chi connectivity index (χ1) is 9.56. The largest absolute Gasteiger partial charge is 0.478 e. The van der Waals surface area contributed by atoms with Crippen LogP contribution in [0.3, 0.4) is 0 Å². The summed E-state index contributed by atoms with van der Waals surface area (Å²) in [5.41, 5.74) is 0.261. The number of nitrogens with zero attached hydrogens (tertiary/aromatic N) is 1. The lowest BCUT2D eigenvalue weighted by Gasteiger charge is -2.28. The lowest BCUT2D eigenvalue weighted by atomic mass is 9.94. The molecule has 5 heteroatoms. The van der Waals surface area contributed by atoms with Crippen LogP contribution in [0.4, 0.5) is 0 Å². The highest BCUT2D eigenvalue weighted by Gasteiger charge is 2.16. The van der Waals surface area contributed by atoms with Crippen molar-refractivity contribution in [2.24, 2.45) is 5.92 Å². The Bertz CT molecular complexity index is 448. The Labute approximate surface area is 119 Å². The van der Waals surface area contributed by atoms with Gasteiger partial charge >= 0.3 is 5.97 Å². The topological polar surface area (TPSA) is 65.7 Å². The predicted molar refractivity (Wildman–Crippen MR) is 76.9 cm³/mol. The van der Waals surface area contributed by atoms with Crippen LogP contribution in [0.25, 0.3) is 0 Å². The number of carboxylic acids is 1. The zero-order chi connectivity index (χ0) is 14.5. The van der Waals surface area contributed by atoms with Gasteiger partial charge in [-0.1, -0.05) is 0 Å². The summed E-state index contributed by atoms with van der Waals surface area (Å²) in [5.74, 6) is 1.06. The molecule has 5 nitrogen and oxygen atoms in total. The Morgan fingerprint density at radius 3 is 2.80 bits per heavy atom. The monoisotopic (exact) mass is 280 g/mol. The van der Waals surface area contributed by atoms with Crippen molar-refractivity contribution in [2.45, 2.75) is 32.7 Å². The summed E-state index contributed by atoms with van der Waals surface area (Å²) in [6.07, 6.45) is 3.74. The van der Waals surface area contributed by atoms with Crippen LogP contribution in [0.5, 0.6) is 0 Å². The third kappa shape index (κ3) is 4.08. The van der Waals surface area contributed by atoms with E-state index >= 15 is 0 Å². The molecule has 1 aliphatic heterocycles. The lowest BCUT2D eigenvalue weighted by molar-refractivity contribution is 0.0695. The molecule has 0 bridgehead atoms. The number of likely N-dealkylation sites (tertiary alicyclic amines) is 1. The highest BCUT2D eigenvalue weighted by molar-refractivity contribution is 5.88. The van der Waals surface area contributed by atoms with Crippen molar-refractivity contribution >= 4 is 5.97 Å². The minimum absolute atomic E-state index is 0.261. The van der Waals surface area contributed by atoms with Crippen LogP contribution in [0.1, 0.15) is 41.1 Å². The van der Waals surface area contributed by atoms with Crippen LogP contribution in [-0.2, 0) is 6.54 Å². The maximum absolute atomic E-state index is 10.9. The van der Waals surface area contributed by atoms with E-state index in [2.05, 4.69) is 17.3 Å². The van der Waals surface area contributed by atoms with Crippen LogP contribution in [0.2, 0.25) is 0 Å². The molecule has 0 atom stereocenters. The van der Waals surface area contributed by atoms with Gasteiger partial charge in [0.25, 0.3) is 0 Å². The number of furan rings is 1. The number of nitrogens with one attached hydrogen (secondary N) is 1. The quantitative estimate of drug-likeness (QED) is 0.781. The van der Waals surface area contributed by atoms with E-state index in [1.807, 2.05) is 0 Å². The van der Waals surface area contributed by atoms with Gasteiger partial charge in [0, 0.05) is 0 Å². The van der Waals surface area contributed by atoms with Gasteiger partial charge in [-0.3, -0.25) is 0 Å². The zero-order valence-corrected chi connectivity index (χ0v) is 12.3. The van der Waals surface area contributed by atoms with Crippen LogP contribution >= 0.6 is 0 Å². The lowest BCUT2D eigenvalue weighted by Crippen LogP contribution is -2.31. The van der Waals surface area contributed by atoms with Gasteiger partial charge < -0.3 is 19.7 Å². The van der Waals surface area contributed by atoms with Crippen LogP contribution in [0, 0.1) is 12.8 Å². The second kappa shape index (κ2) is 6.90. The fourth-order valence-electron chi connectivity index (χ4n) is 2.71. The Kier molecular flexibility index (Phi) is 5.20. The maximum atomic E-state index is 10.9. The van der Waals surface area contributed by atoms with Gasteiger partial charge in [-0.2, -0.15) is 0 Å². The molecule has 1 aromatic heterocycles. The third-order valence-electron chi connectivity index (χ3n) is 4.07. The molecule has 0 unspecified atom stereocenters. The number of carbonyl (C=O) groups is 1. The summed E-state index contributed by atoms with van der Waals surface area (Å²) in [5, 5.41) is 12.3. The Morgan fingerprint density at radius 2 is 2.20 bits per heavy atom. The minimum atomic E-state index is -0.927. The Hall–Kier alpha value is -1.33. The summed E-state index contributed by atoms with van der Waals surface area (Å²) >= 11 is 0. The molecule has 0 spiro atoms. The first kappa shape index (κ1) is 15.1. The molecule has 0 saturated carbocycles. The molecule has 0 aromatic carbocycles. The number of aryl methyl sites for hydroxylation is 1. The van der Waals surface area contributed by atoms with E-state index in [1.165, 1.54) is 32.4 Å². The van der Waals surface area contributed by atoms with Gasteiger partial charge in [-0.25, -0.2) is 4.79 Å². The van der Waals surface area contributed by atoms with E-state index in [-0.39, 0.29) is 5.56 Å². The fourth-order valence-corrected chi connectivity index (χ4v) is 2.71. The van der Waals surface area contributed by atoms with Gasteiger partial charge in [0.1, 0.15) is 17.1 Å². The summed E-state index contributed by atoms with van der Waals surface area (Å²) in [4.78, 5) is 13.3. The van der Waals surface area contributed by atoms with Gasteiger partial charge in [-0.05, 0) is 64.9 Å². The molecular formula is C15H24N2O3. The second-order valence-corrected chi connectivity index (χ2v) is 5.70. The normalized spacial score (nSPS) is 17.5. The summed E-state index contributed by atoms with van der Waals surface area (Å²) in [7, 11) is 2.17. The third-order valence-corrected chi connectivity index (χ3v) is 4.07. The van der Waals surface area contributed by atoms with Gasteiger partial charge in [0.2, 0.25) is 0 Å². The van der Waals surface area contributed by atoms with Crippen LogP contribution in [-0.4, -0.2) is 42.7 Å². The smallest absolute Gasteiger partial charge is 0.339 e. The van der Waals surface area contributed by atoms with E-state index in [0.717, 1.165) is 12.5 Å². The van der Waals surface area contributed by atoms with Crippen molar-refractivity contribution in [1.82, 2.24) is 10.2 Å². The van der Waals surface area contributed by atoms with Crippen molar-refractivity contribution < 1.29 is 14.3 Å². The molecule has 0 radical (unpaired) electrons. The van der Waals surface area contributed by atoms with Crippen molar-refractivity contribution in [1.29, 1.82) is 0 Å². The highest BCUT2D eigenvalue weighted by atomic mass is 16.4. The molecule has 1 fully saturated rings. The van der Waals surface area contributed by atoms with Gasteiger partial charge in [-0.15, -0.1) is 0 Å². The van der Waals surface area contributed by atoms with Gasteiger partial charge in [0.05, 0.1) is 6.54 Å². The van der Waals surface area contributed by atoms with Crippen LogP contribution in [0.15, 0.2) is 10.5 Å². The number of aromatic carboxylic acids is 1. The van der Waals surface area contributed by atoms with Crippen molar-refractivity contribution in [3.8, 4) is 0 Å². The van der Waals surface area contributed by atoms with Gasteiger partial charge in [0.15, 0.2) is 0 Å². The molecule has 2 N–H and O–H groups in total. The SMILES string of the molecule is Cc1oc(CNCCC2CCN(C)CC2)cc1C(=O)O. The number of hydrogen-bond acceptors (Lipinski definition) is 4. The molecule has 1 saturated heterocycles. The van der Waals surface area contributed by atoms with E-state index in [1.54, 1.807) is 13.0 Å². The number of carboxylic acid groups (broad SMARTS) is 1. The highest BCUT2D eigenvalue weighted by Crippen LogP contribution is 2.19. The predicted octanol–water partition coefficient (Wildman–Crippen LogP) is 2.11. The first-order valence-electron chi connectivity index (χ1n) is 7.28. The summed E-state index contributed by atoms with van der Waals surface area (Å²) in [6, 6.07) is 1.61. The van der Waals surface area contributed by atoms with Crippen molar-refractivity contribution in [3.05, 3.63) is 23.2 Å². The van der Waals surface area contributed by atoms with E-state index < -0.39 is 5.97 Å². The molecule has 1 aromatic rings. The Balaban J connectivity index is 1.68. The van der Waals surface area contributed by atoms with Crippen molar-refractivity contribution in [3.63, 3.8) is 0 Å². The van der Waals surface area contributed by atoms with E-state index in [0.29, 0.717) is 18.1 Å². The summed E-state index contributed by atoms with van der Waals surface area (Å²) in [6.45, 7) is 5.64. The average Bonchev–Trinajstić information content (AvgIpc) is 2.78. The molecule has 0 aliphatic carbocycles. The molecule has 2 heterocycles. The summed E-state index contributed by atoms with van der Waals surface area (Å²) < 4.78 is 5.43. The zero-order valence-electron chi connectivity index (χ0n) is 12.3. The fraction of sp³-hybridized carbons (Fsp3) is 0.667. The van der Waals surface area contributed by atoms with E-state index in [9.17, 15) is 4.79 Å². The molecule has 0 amide bonds. The number of piperidine rings is 1. The molecule has 2 rings (SSSR count). The standard InChI is InChI=1S/C15H24N2O3/c1-11-14(15(18)19)9-13(20-11)10-16-6-3-12-4-7-17(2)8-5-12/h9,12,16H,3-8,10H2,1-2H3,(H,18,19).